The van der Waals surface area contributed by atoms with Crippen LogP contribution in [-0.4, -0.2) is 11.9 Å². The van der Waals surface area contributed by atoms with Gasteiger partial charge < -0.3 is 10.6 Å². The summed E-state index contributed by atoms with van der Waals surface area (Å²) in [6.07, 6.45) is 1.02. The highest BCUT2D eigenvalue weighted by atomic mass is 32.1. The van der Waals surface area contributed by atoms with E-state index in [9.17, 15) is 4.79 Å². The number of rotatable bonds is 6. The lowest BCUT2D eigenvalue weighted by Crippen LogP contribution is -2.29. The predicted octanol–water partition coefficient (Wildman–Crippen LogP) is 4.45. The van der Waals surface area contributed by atoms with Crippen molar-refractivity contribution in [2.75, 3.05) is 5.32 Å². The van der Waals surface area contributed by atoms with Gasteiger partial charge in [0.2, 0.25) is 0 Å². The summed E-state index contributed by atoms with van der Waals surface area (Å²) in [6, 6.07) is 12.3. The molecular weight excluding hydrogens is 280 g/mol. The molecule has 1 aromatic carbocycles. The van der Waals surface area contributed by atoms with Gasteiger partial charge >= 0.3 is 0 Å². The zero-order chi connectivity index (χ0) is 15.2. The Bertz CT molecular complexity index is 561. The normalized spacial score (nSPS) is 12.2. The van der Waals surface area contributed by atoms with Crippen LogP contribution in [0.2, 0.25) is 0 Å². The minimum absolute atomic E-state index is 0.0261. The molecule has 1 amide bonds. The van der Waals surface area contributed by atoms with Gasteiger partial charge in [0.25, 0.3) is 5.91 Å². The second-order valence-electron chi connectivity index (χ2n) is 5.33. The summed E-state index contributed by atoms with van der Waals surface area (Å²) in [4.78, 5) is 13.2. The van der Waals surface area contributed by atoms with Gasteiger partial charge in [-0.15, -0.1) is 11.3 Å². The highest BCUT2D eigenvalue weighted by Crippen LogP contribution is 2.26. The molecule has 0 radical (unpaired) electrons. The van der Waals surface area contributed by atoms with Gasteiger partial charge in [0.15, 0.2) is 0 Å². The molecule has 1 atom stereocenters. The first-order valence-corrected chi connectivity index (χ1v) is 8.19. The third-order valence-electron chi connectivity index (χ3n) is 3.20. The second-order valence-corrected chi connectivity index (χ2v) is 6.31. The fraction of sp³-hybridized carbons (Fsp3) is 0.353. The lowest BCUT2D eigenvalue weighted by molar-refractivity contribution is 0.0943. The van der Waals surface area contributed by atoms with E-state index in [2.05, 4.69) is 35.1 Å². The van der Waals surface area contributed by atoms with Crippen molar-refractivity contribution in [1.29, 1.82) is 0 Å². The van der Waals surface area contributed by atoms with E-state index in [1.807, 2.05) is 38.1 Å². The van der Waals surface area contributed by atoms with Gasteiger partial charge in [-0.1, -0.05) is 13.0 Å². The third-order valence-corrected chi connectivity index (χ3v) is 4.19. The topological polar surface area (TPSA) is 41.1 Å². The molecule has 2 aromatic rings. The van der Waals surface area contributed by atoms with Crippen LogP contribution in [0.25, 0.3) is 0 Å². The van der Waals surface area contributed by atoms with Crippen LogP contribution in [0.4, 0.5) is 5.69 Å². The van der Waals surface area contributed by atoms with Crippen LogP contribution >= 0.6 is 11.3 Å². The number of nitrogens with one attached hydrogen (secondary N) is 2. The summed E-state index contributed by atoms with van der Waals surface area (Å²) >= 11 is 1.76. The van der Waals surface area contributed by atoms with Gasteiger partial charge in [-0.05, 0) is 56.0 Å². The van der Waals surface area contributed by atoms with Gasteiger partial charge in [0, 0.05) is 22.2 Å². The molecule has 2 rings (SSSR count). The van der Waals surface area contributed by atoms with Crippen molar-refractivity contribution in [2.45, 2.75) is 39.3 Å². The summed E-state index contributed by atoms with van der Waals surface area (Å²) in [5, 5.41) is 8.51. The molecule has 0 saturated carbocycles. The highest BCUT2D eigenvalue weighted by Gasteiger charge is 2.11. The van der Waals surface area contributed by atoms with Crippen molar-refractivity contribution >= 4 is 22.9 Å². The van der Waals surface area contributed by atoms with Crippen LogP contribution in [0.1, 0.15) is 48.5 Å². The first kappa shape index (κ1) is 15.6. The van der Waals surface area contributed by atoms with E-state index in [0.29, 0.717) is 11.6 Å². The van der Waals surface area contributed by atoms with Gasteiger partial charge in [0.1, 0.15) is 0 Å². The van der Waals surface area contributed by atoms with Gasteiger partial charge in [-0.3, -0.25) is 4.79 Å². The van der Waals surface area contributed by atoms with Crippen molar-refractivity contribution in [3.8, 4) is 0 Å². The van der Waals surface area contributed by atoms with E-state index < -0.39 is 0 Å². The van der Waals surface area contributed by atoms with Crippen LogP contribution in [0, 0.1) is 0 Å². The smallest absolute Gasteiger partial charge is 0.251 e. The Labute approximate surface area is 130 Å². The number of hydrogen-bond acceptors (Lipinski definition) is 3. The van der Waals surface area contributed by atoms with E-state index in [0.717, 1.165) is 12.1 Å². The summed E-state index contributed by atoms with van der Waals surface area (Å²) in [5.74, 6) is -0.0261. The van der Waals surface area contributed by atoms with Crippen molar-refractivity contribution in [1.82, 2.24) is 5.32 Å². The Morgan fingerprint density at radius 1 is 1.19 bits per heavy atom. The molecule has 1 heterocycles. The Morgan fingerprint density at radius 3 is 2.43 bits per heavy atom. The molecule has 2 N–H and O–H groups in total. The number of hydrogen-bond donors (Lipinski definition) is 2. The van der Waals surface area contributed by atoms with E-state index in [-0.39, 0.29) is 11.9 Å². The standard InChI is InChI=1S/C17H22N2OS/c1-4-15(16-6-5-11-21-16)19-14-9-7-13(8-10-14)17(20)18-12(2)3/h5-12,15,19H,4H2,1-3H3,(H,18,20). The minimum Gasteiger partial charge on any atom is -0.377 e. The Morgan fingerprint density at radius 2 is 1.90 bits per heavy atom. The number of carbonyl (C=O) groups is 1. The molecule has 0 aliphatic rings. The molecule has 0 fully saturated rings. The minimum atomic E-state index is -0.0261. The second kappa shape index (κ2) is 7.27. The van der Waals surface area contributed by atoms with E-state index in [1.54, 1.807) is 11.3 Å². The molecule has 0 spiro atoms. The lowest BCUT2D eigenvalue weighted by atomic mass is 10.1. The summed E-state index contributed by atoms with van der Waals surface area (Å²) in [6.45, 7) is 6.09. The van der Waals surface area contributed by atoms with Crippen molar-refractivity contribution < 1.29 is 4.79 Å². The van der Waals surface area contributed by atoms with Crippen LogP contribution in [0.15, 0.2) is 41.8 Å². The quantitative estimate of drug-likeness (QED) is 0.827. The molecule has 3 nitrogen and oxygen atoms in total. The summed E-state index contributed by atoms with van der Waals surface area (Å²) < 4.78 is 0. The van der Waals surface area contributed by atoms with Gasteiger partial charge in [0.05, 0.1) is 6.04 Å². The van der Waals surface area contributed by atoms with Crippen LogP contribution in [-0.2, 0) is 0 Å². The highest BCUT2D eigenvalue weighted by molar-refractivity contribution is 7.10. The molecule has 112 valence electrons. The molecule has 4 heteroatoms. The molecule has 0 saturated heterocycles. The molecule has 1 unspecified atom stereocenters. The third kappa shape index (κ3) is 4.33. The predicted molar refractivity (Wildman–Crippen MR) is 90.0 cm³/mol. The lowest BCUT2D eigenvalue weighted by Gasteiger charge is -2.17. The SMILES string of the molecule is CCC(Nc1ccc(C(=O)NC(C)C)cc1)c1cccs1. The molecule has 21 heavy (non-hydrogen) atoms. The number of carbonyl (C=O) groups excluding carboxylic acids is 1. The average Bonchev–Trinajstić information content (AvgIpc) is 2.98. The maximum Gasteiger partial charge on any atom is 0.251 e. The molecule has 0 aliphatic heterocycles. The Hall–Kier alpha value is -1.81. The van der Waals surface area contributed by atoms with Gasteiger partial charge in [-0.2, -0.15) is 0 Å². The van der Waals surface area contributed by atoms with E-state index in [4.69, 9.17) is 0 Å². The van der Waals surface area contributed by atoms with Gasteiger partial charge in [-0.25, -0.2) is 0 Å². The number of benzene rings is 1. The Kier molecular flexibility index (Phi) is 5.39. The number of amides is 1. The van der Waals surface area contributed by atoms with Crippen molar-refractivity contribution in [3.63, 3.8) is 0 Å². The average molecular weight is 302 g/mol. The number of anilines is 1. The number of thiophene rings is 1. The maximum atomic E-state index is 11.9. The zero-order valence-electron chi connectivity index (χ0n) is 12.7. The van der Waals surface area contributed by atoms with E-state index >= 15 is 0 Å². The summed E-state index contributed by atoms with van der Waals surface area (Å²) in [5.41, 5.74) is 1.73. The summed E-state index contributed by atoms with van der Waals surface area (Å²) in [7, 11) is 0. The van der Waals surface area contributed by atoms with E-state index in [1.165, 1.54) is 4.88 Å². The van der Waals surface area contributed by atoms with Crippen molar-refractivity contribution in [2.24, 2.45) is 0 Å². The largest absolute Gasteiger partial charge is 0.377 e. The molecule has 0 bridgehead atoms. The molecular formula is C17H22N2OS. The first-order valence-electron chi connectivity index (χ1n) is 7.31. The maximum absolute atomic E-state index is 11.9. The first-order chi connectivity index (χ1) is 10.1. The Balaban J connectivity index is 2.03. The zero-order valence-corrected chi connectivity index (χ0v) is 13.5. The fourth-order valence-corrected chi connectivity index (χ4v) is 2.99. The van der Waals surface area contributed by atoms with Crippen LogP contribution in [0.5, 0.6) is 0 Å². The molecule has 1 aromatic heterocycles. The van der Waals surface area contributed by atoms with Crippen molar-refractivity contribution in [3.05, 3.63) is 52.2 Å². The monoisotopic (exact) mass is 302 g/mol. The fourth-order valence-electron chi connectivity index (χ4n) is 2.13. The molecule has 0 aliphatic carbocycles. The van der Waals surface area contributed by atoms with Crippen LogP contribution in [0.3, 0.4) is 0 Å². The van der Waals surface area contributed by atoms with Crippen LogP contribution < -0.4 is 10.6 Å².